The second-order valence-corrected chi connectivity index (χ2v) is 6.62. The Labute approximate surface area is 182 Å². The van der Waals surface area contributed by atoms with Crippen LogP contribution in [0.3, 0.4) is 0 Å². The minimum Gasteiger partial charge on any atom is -0.495 e. The lowest BCUT2D eigenvalue weighted by molar-refractivity contribution is 0.382. The van der Waals surface area contributed by atoms with Crippen molar-refractivity contribution in [1.82, 2.24) is 9.55 Å². The van der Waals surface area contributed by atoms with Crippen molar-refractivity contribution in [3.63, 3.8) is 0 Å². The molecular weight excluding hydrogens is 439 g/mol. The molecule has 0 saturated carbocycles. The first kappa shape index (κ1) is 29.3. The summed E-state index contributed by atoms with van der Waals surface area (Å²) in [5, 5.41) is 0. The van der Waals surface area contributed by atoms with E-state index in [0.29, 0.717) is 5.75 Å². The van der Waals surface area contributed by atoms with Crippen molar-refractivity contribution < 1.29 is 9.13 Å². The van der Waals surface area contributed by atoms with E-state index < -0.39 is 17.1 Å². The van der Waals surface area contributed by atoms with Crippen LogP contribution in [0, 0.1) is 5.82 Å². The van der Waals surface area contributed by atoms with Gasteiger partial charge in [0.25, 0.3) is 5.56 Å². The van der Waals surface area contributed by atoms with Gasteiger partial charge in [0.15, 0.2) is 5.82 Å². The number of hydrogen-bond donors (Lipinski definition) is 1. The molecule has 0 radical (unpaired) electrons. The highest BCUT2D eigenvalue weighted by molar-refractivity contribution is 9.10. The molecule has 0 bridgehead atoms. The maximum Gasteiger partial charge on any atom is 0.333 e. The van der Waals surface area contributed by atoms with Gasteiger partial charge in [-0.3, -0.25) is 14.3 Å². The first-order valence-corrected chi connectivity index (χ1v) is 10.9. The minimum atomic E-state index is -0.700. The van der Waals surface area contributed by atoms with Gasteiger partial charge in [-0.15, -0.1) is 0 Å². The Hall–Kier alpha value is -1.89. The fourth-order valence-electron chi connectivity index (χ4n) is 2.27. The van der Waals surface area contributed by atoms with Crippen molar-refractivity contribution in [2.75, 3.05) is 7.11 Å². The summed E-state index contributed by atoms with van der Waals surface area (Å²) in [4.78, 5) is 25.3. The minimum absolute atomic E-state index is 0.0513. The molecule has 1 heterocycles. The van der Waals surface area contributed by atoms with Crippen LogP contribution in [-0.2, 0) is 5.41 Å². The summed E-state index contributed by atoms with van der Waals surface area (Å²) in [5.74, 6) is -0.234. The third-order valence-corrected chi connectivity index (χ3v) is 4.75. The number of nitrogens with one attached hydrogen (secondary N) is 1. The average molecular weight is 475 g/mol. The summed E-state index contributed by atoms with van der Waals surface area (Å²) >= 11 is 3.21. The van der Waals surface area contributed by atoms with Crippen molar-refractivity contribution in [2.45, 2.75) is 74.1 Å². The number of aromatic amines is 1. The van der Waals surface area contributed by atoms with Crippen molar-refractivity contribution in [1.29, 1.82) is 0 Å². The molecule has 29 heavy (non-hydrogen) atoms. The molecule has 0 spiro atoms. The van der Waals surface area contributed by atoms with Gasteiger partial charge in [-0.2, -0.15) is 0 Å². The summed E-state index contributed by atoms with van der Waals surface area (Å²) in [6.45, 7) is 18.0. The molecular formula is C22H36BrFN2O3. The Morgan fingerprint density at radius 1 is 1.14 bits per heavy atom. The van der Waals surface area contributed by atoms with Gasteiger partial charge in [0, 0.05) is 17.8 Å². The summed E-state index contributed by atoms with van der Waals surface area (Å²) in [6.07, 6.45) is 2.04. The number of H-pyrrole nitrogens is 1. The number of ether oxygens (including phenoxy) is 1. The van der Waals surface area contributed by atoms with Gasteiger partial charge >= 0.3 is 5.69 Å². The third kappa shape index (κ3) is 7.14. The van der Waals surface area contributed by atoms with Crippen LogP contribution in [0.4, 0.5) is 4.39 Å². The number of benzene rings is 1. The SMILES string of the molecule is CC.CC.CC.CCC(C)(C)c1cc(-n2ccc(=O)[nH]c2=O)c(F)c(Br)c1OC. The molecule has 2 rings (SSSR count). The Bertz CT molecular complexity index is 858. The van der Waals surface area contributed by atoms with E-state index >= 15 is 0 Å². The molecule has 1 N–H and O–H groups in total. The number of hydrogen-bond acceptors (Lipinski definition) is 3. The van der Waals surface area contributed by atoms with E-state index in [1.807, 2.05) is 62.3 Å². The van der Waals surface area contributed by atoms with Crippen molar-refractivity contribution in [3.8, 4) is 11.4 Å². The predicted molar refractivity (Wildman–Crippen MR) is 124 cm³/mol. The molecule has 0 fully saturated rings. The summed E-state index contributed by atoms with van der Waals surface area (Å²) in [7, 11) is 1.47. The van der Waals surface area contributed by atoms with Crippen LogP contribution in [-0.4, -0.2) is 16.7 Å². The number of aromatic nitrogens is 2. The first-order chi connectivity index (χ1) is 13.7. The van der Waals surface area contributed by atoms with Crippen LogP contribution in [0.5, 0.6) is 5.75 Å². The third-order valence-electron chi connectivity index (χ3n) is 4.04. The van der Waals surface area contributed by atoms with Gasteiger partial charge in [-0.05, 0) is 33.8 Å². The zero-order chi connectivity index (χ0) is 23.4. The first-order valence-electron chi connectivity index (χ1n) is 10.1. The van der Waals surface area contributed by atoms with E-state index in [0.717, 1.165) is 16.6 Å². The second-order valence-electron chi connectivity index (χ2n) is 5.82. The Morgan fingerprint density at radius 2 is 1.66 bits per heavy atom. The smallest absolute Gasteiger partial charge is 0.333 e. The highest BCUT2D eigenvalue weighted by atomic mass is 79.9. The molecule has 1 aromatic heterocycles. The lowest BCUT2D eigenvalue weighted by Gasteiger charge is -2.27. The highest BCUT2D eigenvalue weighted by Gasteiger charge is 2.28. The number of methoxy groups -OCH3 is 1. The zero-order valence-electron chi connectivity index (χ0n) is 19.4. The van der Waals surface area contributed by atoms with Gasteiger partial charge in [-0.25, -0.2) is 9.18 Å². The molecule has 0 unspecified atom stereocenters. The second kappa shape index (κ2) is 14.1. The van der Waals surface area contributed by atoms with Crippen LogP contribution >= 0.6 is 15.9 Å². The molecule has 1 aromatic carbocycles. The Kier molecular flexibility index (Phi) is 14.3. The molecule has 166 valence electrons. The van der Waals surface area contributed by atoms with Gasteiger partial charge in [-0.1, -0.05) is 62.3 Å². The highest BCUT2D eigenvalue weighted by Crippen LogP contribution is 2.42. The predicted octanol–water partition coefficient (Wildman–Crippen LogP) is 6.20. The molecule has 0 aliphatic rings. The van der Waals surface area contributed by atoms with Gasteiger partial charge < -0.3 is 4.74 Å². The molecule has 2 aromatic rings. The number of nitrogens with zero attached hydrogens (tertiary/aromatic N) is 1. The molecule has 0 amide bonds. The lowest BCUT2D eigenvalue weighted by Crippen LogP contribution is -2.28. The van der Waals surface area contributed by atoms with Gasteiger partial charge in [0.1, 0.15) is 5.75 Å². The van der Waals surface area contributed by atoms with Crippen LogP contribution in [0.1, 0.15) is 74.3 Å². The lowest BCUT2D eigenvalue weighted by atomic mass is 9.81. The topological polar surface area (TPSA) is 64.1 Å². The van der Waals surface area contributed by atoms with E-state index in [4.69, 9.17) is 4.74 Å². The van der Waals surface area contributed by atoms with Crippen LogP contribution in [0.2, 0.25) is 0 Å². The van der Waals surface area contributed by atoms with E-state index in [9.17, 15) is 14.0 Å². The zero-order valence-corrected chi connectivity index (χ0v) is 21.0. The fraction of sp³-hybridized carbons (Fsp3) is 0.545. The van der Waals surface area contributed by atoms with E-state index in [2.05, 4.69) is 20.9 Å². The molecule has 5 nitrogen and oxygen atoms in total. The monoisotopic (exact) mass is 474 g/mol. The maximum atomic E-state index is 14.7. The van der Waals surface area contributed by atoms with Crippen molar-refractivity contribution in [3.05, 3.63) is 55.0 Å². The Balaban J connectivity index is 0. The van der Waals surface area contributed by atoms with Crippen molar-refractivity contribution >= 4 is 15.9 Å². The summed E-state index contributed by atoms with van der Waals surface area (Å²) < 4.78 is 21.3. The van der Waals surface area contributed by atoms with Crippen LogP contribution in [0.15, 0.2) is 32.4 Å². The maximum absolute atomic E-state index is 14.7. The summed E-state index contributed by atoms with van der Waals surface area (Å²) in [5.41, 5.74) is -0.705. The summed E-state index contributed by atoms with van der Waals surface area (Å²) in [6, 6.07) is 2.76. The van der Waals surface area contributed by atoms with Gasteiger partial charge in [0.05, 0.1) is 17.3 Å². The van der Waals surface area contributed by atoms with E-state index in [-0.39, 0.29) is 15.6 Å². The average Bonchev–Trinajstić information content (AvgIpc) is 2.74. The normalized spacial score (nSPS) is 9.79. The number of rotatable bonds is 4. The molecule has 0 saturated heterocycles. The quantitative estimate of drug-likeness (QED) is 0.573. The molecule has 0 aliphatic heterocycles. The fourth-order valence-corrected chi connectivity index (χ4v) is 2.85. The standard InChI is InChI=1S/C16H18BrFN2O3.3C2H6/c1-5-16(2,3)9-8-10(13(18)12(17)14(9)23-4)20-7-6-11(21)19-15(20)22;3*1-2/h6-8H,5H2,1-4H3,(H,19,21,22);3*1-2H3. The molecule has 7 heteroatoms. The molecule has 0 aliphatic carbocycles. The van der Waals surface area contributed by atoms with E-state index in [1.54, 1.807) is 6.07 Å². The Morgan fingerprint density at radius 3 is 2.07 bits per heavy atom. The van der Waals surface area contributed by atoms with Gasteiger partial charge in [0.2, 0.25) is 0 Å². The molecule has 0 atom stereocenters. The largest absolute Gasteiger partial charge is 0.495 e. The van der Waals surface area contributed by atoms with Crippen LogP contribution < -0.4 is 16.0 Å². The van der Waals surface area contributed by atoms with E-state index in [1.165, 1.54) is 19.4 Å². The van der Waals surface area contributed by atoms with Crippen molar-refractivity contribution in [2.24, 2.45) is 0 Å². The number of halogens is 2. The van der Waals surface area contributed by atoms with Crippen LogP contribution in [0.25, 0.3) is 5.69 Å².